The fourth-order valence-electron chi connectivity index (χ4n) is 11.1. The minimum atomic E-state index is -0.842. The van der Waals surface area contributed by atoms with Gasteiger partial charge in [0.05, 0.1) is 25.4 Å². The third-order valence-corrected chi connectivity index (χ3v) is 16.6. The number of ether oxygens (including phenoxy) is 1. The van der Waals surface area contributed by atoms with Gasteiger partial charge in [0, 0.05) is 12.8 Å². The molecule has 0 aromatic rings. The zero-order valence-corrected chi connectivity index (χ0v) is 53.8. The van der Waals surface area contributed by atoms with Crippen LogP contribution >= 0.6 is 0 Å². The summed E-state index contributed by atoms with van der Waals surface area (Å²) < 4.78 is 5.49. The van der Waals surface area contributed by atoms with Crippen LogP contribution in [0.15, 0.2) is 48.6 Å². The highest BCUT2D eigenvalue weighted by Crippen LogP contribution is 2.18. The maximum Gasteiger partial charge on any atom is 0.305 e. The van der Waals surface area contributed by atoms with E-state index in [0.717, 1.165) is 51.4 Å². The molecule has 0 aromatic carbocycles. The van der Waals surface area contributed by atoms with E-state index in [-0.39, 0.29) is 18.5 Å². The zero-order valence-electron chi connectivity index (χ0n) is 53.8. The Morgan fingerprint density at radius 2 is 0.625 bits per heavy atom. The first-order valence-electron chi connectivity index (χ1n) is 35.9. The molecular weight excluding hydrogens is 983 g/mol. The smallest absolute Gasteiger partial charge is 0.305 e. The number of nitrogens with one attached hydrogen (secondary N) is 1. The van der Waals surface area contributed by atoms with Crippen LogP contribution < -0.4 is 5.32 Å². The fraction of sp³-hybridized carbons (Fsp3) is 0.865. The number of aliphatic hydroxyl groups excluding tert-OH is 2. The van der Waals surface area contributed by atoms with Crippen molar-refractivity contribution in [2.24, 2.45) is 0 Å². The van der Waals surface area contributed by atoms with E-state index < -0.39 is 12.1 Å². The number of carbonyl (C=O) groups is 2. The highest BCUT2D eigenvalue weighted by molar-refractivity contribution is 5.76. The summed E-state index contributed by atoms with van der Waals surface area (Å²) in [6.45, 7) is 4.90. The monoisotopic (exact) mass is 1120 g/mol. The standard InChI is InChI=1S/C74H139NO5/c1-3-5-7-9-11-13-15-17-38-42-46-50-54-58-62-66-72(77)71(70-76)75-73(78)67-63-59-55-51-47-43-40-36-34-32-30-28-26-24-22-20-19-21-23-25-27-29-31-33-35-37-41-45-49-53-57-61-65-69-80-74(79)68-64-60-56-52-48-44-39-18-16-14-12-10-8-6-4-2/h12,14,18,23,25,39,62,66,71-72,76-77H,3-11,13,15-17,19-22,24,26-38,40-61,63-65,67-70H2,1-2H3,(H,75,78)/b14-12-,25-23-,39-18-,66-62+. The van der Waals surface area contributed by atoms with Gasteiger partial charge in [-0.05, 0) is 89.9 Å². The minimum absolute atomic E-state index is 0.00444. The van der Waals surface area contributed by atoms with Gasteiger partial charge >= 0.3 is 5.97 Å². The third-order valence-electron chi connectivity index (χ3n) is 16.6. The van der Waals surface area contributed by atoms with Crippen molar-refractivity contribution in [3.8, 4) is 0 Å². The molecule has 470 valence electrons. The molecular formula is C74H139NO5. The van der Waals surface area contributed by atoms with Crippen molar-refractivity contribution in [3.63, 3.8) is 0 Å². The van der Waals surface area contributed by atoms with Gasteiger partial charge in [0.2, 0.25) is 5.91 Å². The maximum atomic E-state index is 12.5. The molecule has 0 radical (unpaired) electrons. The third kappa shape index (κ3) is 65.0. The van der Waals surface area contributed by atoms with Gasteiger partial charge in [-0.2, -0.15) is 0 Å². The number of unbranched alkanes of at least 4 members (excludes halogenated alkanes) is 50. The highest BCUT2D eigenvalue weighted by Gasteiger charge is 2.18. The molecule has 80 heavy (non-hydrogen) atoms. The lowest BCUT2D eigenvalue weighted by molar-refractivity contribution is -0.143. The molecule has 0 rings (SSSR count). The Hall–Kier alpha value is -2.18. The normalized spacial score (nSPS) is 12.8. The number of amides is 1. The van der Waals surface area contributed by atoms with Crippen LogP contribution in [0.25, 0.3) is 0 Å². The number of carbonyl (C=O) groups excluding carboxylic acids is 2. The van der Waals surface area contributed by atoms with Crippen LogP contribution in [-0.4, -0.2) is 47.4 Å². The first kappa shape index (κ1) is 77.8. The van der Waals surface area contributed by atoms with Gasteiger partial charge in [-0.1, -0.05) is 332 Å². The van der Waals surface area contributed by atoms with E-state index in [2.05, 4.69) is 55.6 Å². The second kappa shape index (κ2) is 69.3. The van der Waals surface area contributed by atoms with Crippen LogP contribution in [0.5, 0.6) is 0 Å². The van der Waals surface area contributed by atoms with Crippen molar-refractivity contribution in [2.75, 3.05) is 13.2 Å². The number of rotatable bonds is 67. The Balaban J connectivity index is 3.37. The summed E-state index contributed by atoms with van der Waals surface area (Å²) in [7, 11) is 0. The fourth-order valence-corrected chi connectivity index (χ4v) is 11.1. The zero-order chi connectivity index (χ0) is 57.8. The van der Waals surface area contributed by atoms with E-state index >= 15 is 0 Å². The summed E-state index contributed by atoms with van der Waals surface area (Å²) in [6.07, 6.45) is 90.6. The number of allylic oxidation sites excluding steroid dienone is 7. The molecule has 6 heteroatoms. The summed E-state index contributed by atoms with van der Waals surface area (Å²) in [5, 5.41) is 23.2. The van der Waals surface area contributed by atoms with Crippen LogP contribution in [0.2, 0.25) is 0 Å². The Morgan fingerprint density at radius 3 is 0.988 bits per heavy atom. The van der Waals surface area contributed by atoms with Gasteiger partial charge in [0.1, 0.15) is 0 Å². The van der Waals surface area contributed by atoms with Gasteiger partial charge in [0.15, 0.2) is 0 Å². The summed E-state index contributed by atoms with van der Waals surface area (Å²) in [5.74, 6) is -0.0586. The molecule has 0 aromatic heterocycles. The quantitative estimate of drug-likeness (QED) is 0.0320. The summed E-state index contributed by atoms with van der Waals surface area (Å²) >= 11 is 0. The summed E-state index contributed by atoms with van der Waals surface area (Å²) in [5.41, 5.74) is 0. The highest BCUT2D eigenvalue weighted by atomic mass is 16.5. The van der Waals surface area contributed by atoms with Gasteiger partial charge in [-0.3, -0.25) is 9.59 Å². The van der Waals surface area contributed by atoms with Gasteiger partial charge < -0.3 is 20.3 Å². The predicted octanol–water partition coefficient (Wildman–Crippen LogP) is 23.3. The van der Waals surface area contributed by atoms with E-state index in [1.807, 2.05) is 6.08 Å². The first-order chi connectivity index (χ1) is 39.5. The molecule has 3 N–H and O–H groups in total. The average molecular weight is 1120 g/mol. The second-order valence-corrected chi connectivity index (χ2v) is 24.6. The Bertz CT molecular complexity index is 1340. The van der Waals surface area contributed by atoms with Crippen molar-refractivity contribution in [2.45, 2.75) is 398 Å². The number of aliphatic hydroxyl groups is 2. The SMILES string of the molecule is CCCCC/C=C\C/C=C\CCCCCCCC(=O)OCCCCCCCCCCCCCC/C=C\CCCCCCCCCCCCCCCCCCCC(=O)NC(CO)C(O)/C=C/CCCCCCCCCCCCCCC. The Labute approximate surface area is 499 Å². The van der Waals surface area contributed by atoms with Crippen LogP contribution in [0.4, 0.5) is 0 Å². The van der Waals surface area contributed by atoms with Crippen molar-refractivity contribution < 1.29 is 24.5 Å². The lowest BCUT2D eigenvalue weighted by Gasteiger charge is -2.20. The van der Waals surface area contributed by atoms with Crippen LogP contribution in [-0.2, 0) is 14.3 Å². The van der Waals surface area contributed by atoms with Crippen molar-refractivity contribution in [3.05, 3.63) is 48.6 Å². The van der Waals surface area contributed by atoms with Gasteiger partial charge in [0.25, 0.3) is 0 Å². The number of hydrogen-bond acceptors (Lipinski definition) is 5. The molecule has 0 aliphatic heterocycles. The van der Waals surface area contributed by atoms with E-state index in [0.29, 0.717) is 19.4 Å². The molecule has 0 saturated heterocycles. The average Bonchev–Trinajstić information content (AvgIpc) is 3.46. The van der Waals surface area contributed by atoms with E-state index in [1.54, 1.807) is 6.08 Å². The van der Waals surface area contributed by atoms with E-state index in [4.69, 9.17) is 4.74 Å². The van der Waals surface area contributed by atoms with Gasteiger partial charge in [-0.25, -0.2) is 0 Å². The summed E-state index contributed by atoms with van der Waals surface area (Å²) in [4.78, 5) is 24.6. The Kier molecular flexibility index (Phi) is 67.4. The number of esters is 1. The Morgan fingerprint density at radius 1 is 0.350 bits per heavy atom. The van der Waals surface area contributed by atoms with E-state index in [1.165, 1.54) is 308 Å². The van der Waals surface area contributed by atoms with Crippen molar-refractivity contribution in [1.82, 2.24) is 5.32 Å². The predicted molar refractivity (Wildman–Crippen MR) is 352 cm³/mol. The molecule has 0 bridgehead atoms. The largest absolute Gasteiger partial charge is 0.466 e. The molecule has 0 fully saturated rings. The molecule has 0 aliphatic rings. The maximum absolute atomic E-state index is 12.5. The second-order valence-electron chi connectivity index (χ2n) is 24.6. The first-order valence-corrected chi connectivity index (χ1v) is 35.9. The van der Waals surface area contributed by atoms with Crippen molar-refractivity contribution >= 4 is 11.9 Å². The lowest BCUT2D eigenvalue weighted by atomic mass is 10.0. The molecule has 0 heterocycles. The molecule has 0 aliphatic carbocycles. The molecule has 6 nitrogen and oxygen atoms in total. The number of hydrogen-bond donors (Lipinski definition) is 3. The molecule has 2 atom stereocenters. The van der Waals surface area contributed by atoms with Gasteiger partial charge in [-0.15, -0.1) is 0 Å². The molecule has 2 unspecified atom stereocenters. The topological polar surface area (TPSA) is 95.9 Å². The minimum Gasteiger partial charge on any atom is -0.466 e. The molecule has 1 amide bonds. The van der Waals surface area contributed by atoms with Crippen molar-refractivity contribution in [1.29, 1.82) is 0 Å². The van der Waals surface area contributed by atoms with Crippen LogP contribution in [0, 0.1) is 0 Å². The summed E-state index contributed by atoms with van der Waals surface area (Å²) in [6, 6.07) is -0.626. The lowest BCUT2D eigenvalue weighted by Crippen LogP contribution is -2.45. The van der Waals surface area contributed by atoms with E-state index in [9.17, 15) is 19.8 Å². The van der Waals surface area contributed by atoms with Crippen LogP contribution in [0.3, 0.4) is 0 Å². The molecule has 0 saturated carbocycles. The molecule has 0 spiro atoms. The van der Waals surface area contributed by atoms with Crippen LogP contribution in [0.1, 0.15) is 386 Å².